The van der Waals surface area contributed by atoms with E-state index in [9.17, 15) is 0 Å². The van der Waals surface area contributed by atoms with Crippen molar-refractivity contribution in [1.82, 2.24) is 0 Å². The van der Waals surface area contributed by atoms with Crippen LogP contribution < -0.4 is 4.74 Å². The molecule has 3 saturated carbocycles. The zero-order chi connectivity index (χ0) is 23.6. The van der Waals surface area contributed by atoms with Crippen LogP contribution in [0.3, 0.4) is 0 Å². The van der Waals surface area contributed by atoms with Crippen LogP contribution in [0.4, 0.5) is 0 Å². The summed E-state index contributed by atoms with van der Waals surface area (Å²) in [6.45, 7) is 6.83. The Balaban J connectivity index is 1.17. The first-order valence-corrected chi connectivity index (χ1v) is 15.1. The van der Waals surface area contributed by atoms with Crippen molar-refractivity contribution < 1.29 is 4.74 Å². The highest BCUT2D eigenvalue weighted by molar-refractivity contribution is 5.30. The summed E-state index contributed by atoms with van der Waals surface area (Å²) in [6, 6.07) is 9.04. The number of rotatable bonds is 12. The number of hydrogen-bond acceptors (Lipinski definition) is 1. The minimum absolute atomic E-state index is 0.734. The van der Waals surface area contributed by atoms with Crippen LogP contribution in [0.15, 0.2) is 36.9 Å². The minimum atomic E-state index is 0.734. The van der Waals surface area contributed by atoms with Crippen LogP contribution in [0.5, 0.6) is 5.75 Å². The van der Waals surface area contributed by atoms with Crippen molar-refractivity contribution in [3.05, 3.63) is 42.5 Å². The fourth-order valence-corrected chi connectivity index (χ4v) is 7.74. The van der Waals surface area contributed by atoms with Crippen molar-refractivity contribution in [3.63, 3.8) is 0 Å². The van der Waals surface area contributed by atoms with Crippen LogP contribution >= 0.6 is 0 Å². The Bertz CT molecular complexity index is 698. The van der Waals surface area contributed by atoms with E-state index in [4.69, 9.17) is 4.74 Å². The van der Waals surface area contributed by atoms with Crippen LogP contribution in [0.2, 0.25) is 0 Å². The summed E-state index contributed by atoms with van der Waals surface area (Å²) in [5.41, 5.74) is 1.55. The molecule has 0 aromatic heterocycles. The molecule has 3 aliphatic rings. The molecule has 4 rings (SSSR count). The van der Waals surface area contributed by atoms with Gasteiger partial charge in [0.2, 0.25) is 0 Å². The van der Waals surface area contributed by atoms with Crippen LogP contribution in [0.1, 0.15) is 128 Å². The molecule has 0 heterocycles. The maximum absolute atomic E-state index is 5.81. The topological polar surface area (TPSA) is 9.23 Å². The summed E-state index contributed by atoms with van der Waals surface area (Å²) in [7, 11) is 0. The van der Waals surface area contributed by atoms with Crippen LogP contribution in [0.25, 0.3) is 0 Å². The van der Waals surface area contributed by atoms with Gasteiger partial charge in [0, 0.05) is 0 Å². The lowest BCUT2D eigenvalue weighted by Gasteiger charge is -2.45. The molecule has 1 nitrogen and oxygen atoms in total. The lowest BCUT2D eigenvalue weighted by molar-refractivity contribution is 0.0710. The zero-order valence-corrected chi connectivity index (χ0v) is 22.2. The van der Waals surface area contributed by atoms with Gasteiger partial charge in [-0.25, -0.2) is 0 Å². The molecule has 4 atom stereocenters. The molecule has 1 aromatic rings. The summed E-state index contributed by atoms with van der Waals surface area (Å²) < 4.78 is 5.81. The van der Waals surface area contributed by atoms with Crippen LogP contribution in [-0.4, -0.2) is 6.61 Å². The molecule has 34 heavy (non-hydrogen) atoms. The maximum atomic E-state index is 5.81. The highest BCUT2D eigenvalue weighted by atomic mass is 16.5. The SMILES string of the molecule is C=CCCOc1ccc(C2CCC3CC(C4CCC(CCCCCCC)CC4)CCC3C2)cc1. The Hall–Kier alpha value is -1.24. The molecule has 0 bridgehead atoms. The van der Waals surface area contributed by atoms with Gasteiger partial charge in [0.1, 0.15) is 5.75 Å². The van der Waals surface area contributed by atoms with Crippen LogP contribution in [0, 0.1) is 29.6 Å². The normalized spacial score (nSPS) is 31.6. The van der Waals surface area contributed by atoms with Gasteiger partial charge in [-0.1, -0.05) is 76.5 Å². The van der Waals surface area contributed by atoms with Gasteiger partial charge in [-0.3, -0.25) is 0 Å². The molecule has 0 saturated heterocycles. The average molecular weight is 465 g/mol. The second-order valence-corrected chi connectivity index (χ2v) is 12.1. The van der Waals surface area contributed by atoms with E-state index >= 15 is 0 Å². The summed E-state index contributed by atoms with van der Waals surface area (Å²) in [4.78, 5) is 0. The first-order valence-electron chi connectivity index (χ1n) is 15.1. The molecule has 0 radical (unpaired) electrons. The molecule has 1 aromatic carbocycles. The highest BCUT2D eigenvalue weighted by Crippen LogP contribution is 2.51. The van der Waals surface area contributed by atoms with E-state index in [0.717, 1.165) is 54.3 Å². The molecule has 190 valence electrons. The minimum Gasteiger partial charge on any atom is -0.493 e. The molecular weight excluding hydrogens is 412 g/mol. The van der Waals surface area contributed by atoms with E-state index in [1.54, 1.807) is 37.7 Å². The first-order chi connectivity index (χ1) is 16.8. The number of fused-ring (bicyclic) bond motifs is 1. The number of benzene rings is 1. The standard InChI is InChI=1S/C33H52O/c1-3-5-7-8-9-10-26-11-13-27(14-12-26)29-15-17-32-25-30(16-18-31(32)24-29)28-19-21-33(22-20-28)34-23-6-4-2/h4,19-22,26-27,29-32H,2-3,5-18,23-25H2,1H3. The smallest absolute Gasteiger partial charge is 0.119 e. The van der Waals surface area contributed by atoms with Crippen molar-refractivity contribution in [2.75, 3.05) is 6.61 Å². The third-order valence-electron chi connectivity index (χ3n) is 9.87. The monoisotopic (exact) mass is 464 g/mol. The molecular formula is C33H52O. The predicted octanol–water partition coefficient (Wildman–Crippen LogP) is 10.1. The second-order valence-electron chi connectivity index (χ2n) is 12.1. The lowest BCUT2D eigenvalue weighted by atomic mass is 9.60. The molecule has 0 aliphatic heterocycles. The van der Waals surface area contributed by atoms with Gasteiger partial charge in [-0.2, -0.15) is 0 Å². The van der Waals surface area contributed by atoms with Crippen molar-refractivity contribution in [1.29, 1.82) is 0 Å². The number of ether oxygens (including phenoxy) is 1. The molecule has 4 unspecified atom stereocenters. The van der Waals surface area contributed by atoms with Gasteiger partial charge < -0.3 is 4.74 Å². The Morgan fingerprint density at radius 1 is 0.765 bits per heavy atom. The Morgan fingerprint density at radius 2 is 1.41 bits per heavy atom. The first kappa shape index (κ1) is 25.8. The maximum Gasteiger partial charge on any atom is 0.119 e. The van der Waals surface area contributed by atoms with Crippen molar-refractivity contribution in [3.8, 4) is 5.75 Å². The van der Waals surface area contributed by atoms with E-state index in [1.807, 2.05) is 6.08 Å². The predicted molar refractivity (Wildman–Crippen MR) is 146 cm³/mol. The van der Waals surface area contributed by atoms with Crippen molar-refractivity contribution in [2.45, 2.75) is 122 Å². The summed E-state index contributed by atoms with van der Waals surface area (Å²) in [5.74, 6) is 6.95. The summed E-state index contributed by atoms with van der Waals surface area (Å²) >= 11 is 0. The van der Waals surface area contributed by atoms with E-state index in [1.165, 1.54) is 70.6 Å². The molecule has 1 heteroatoms. The van der Waals surface area contributed by atoms with Gasteiger partial charge in [0.25, 0.3) is 0 Å². The molecule has 0 amide bonds. The van der Waals surface area contributed by atoms with Crippen LogP contribution in [-0.2, 0) is 0 Å². The molecule has 3 fully saturated rings. The lowest BCUT2D eigenvalue weighted by Crippen LogP contribution is -2.34. The largest absolute Gasteiger partial charge is 0.493 e. The van der Waals surface area contributed by atoms with Gasteiger partial charge in [-0.15, -0.1) is 6.58 Å². The van der Waals surface area contributed by atoms with E-state index in [0.29, 0.717) is 0 Å². The van der Waals surface area contributed by atoms with Gasteiger partial charge in [0.15, 0.2) is 0 Å². The Labute approximate surface area is 211 Å². The third kappa shape index (κ3) is 7.38. The summed E-state index contributed by atoms with van der Waals surface area (Å²) in [6.07, 6.45) is 26.7. The Morgan fingerprint density at radius 3 is 2.15 bits per heavy atom. The Kier molecular flexibility index (Phi) is 10.4. The highest BCUT2D eigenvalue weighted by Gasteiger charge is 2.39. The molecule has 0 spiro atoms. The van der Waals surface area contributed by atoms with Gasteiger partial charge >= 0.3 is 0 Å². The third-order valence-corrected chi connectivity index (χ3v) is 9.87. The molecule has 0 N–H and O–H groups in total. The fraction of sp³-hybridized carbons (Fsp3) is 0.758. The van der Waals surface area contributed by atoms with E-state index in [-0.39, 0.29) is 0 Å². The fourth-order valence-electron chi connectivity index (χ4n) is 7.74. The van der Waals surface area contributed by atoms with Crippen molar-refractivity contribution >= 4 is 0 Å². The van der Waals surface area contributed by atoms with E-state index in [2.05, 4.69) is 37.8 Å². The second kappa shape index (κ2) is 13.7. The quantitative estimate of drug-likeness (QED) is 0.221. The number of hydrogen-bond donors (Lipinski definition) is 0. The zero-order valence-electron chi connectivity index (χ0n) is 22.2. The summed E-state index contributed by atoms with van der Waals surface area (Å²) in [5, 5.41) is 0. The van der Waals surface area contributed by atoms with Gasteiger partial charge in [-0.05, 0) is 111 Å². The molecule has 3 aliphatic carbocycles. The van der Waals surface area contributed by atoms with Crippen molar-refractivity contribution in [2.24, 2.45) is 29.6 Å². The van der Waals surface area contributed by atoms with E-state index < -0.39 is 0 Å². The van der Waals surface area contributed by atoms with Gasteiger partial charge in [0.05, 0.1) is 6.61 Å². The number of unbranched alkanes of at least 4 members (excludes halogenated alkanes) is 4. The average Bonchev–Trinajstić information content (AvgIpc) is 2.89.